The van der Waals surface area contributed by atoms with Crippen molar-refractivity contribution < 1.29 is 4.42 Å². The minimum absolute atomic E-state index is 0.590. The molecule has 5 nitrogen and oxygen atoms in total. The van der Waals surface area contributed by atoms with Gasteiger partial charge in [0.25, 0.3) is 0 Å². The van der Waals surface area contributed by atoms with Crippen molar-refractivity contribution in [2.75, 3.05) is 0 Å². The zero-order valence-electron chi connectivity index (χ0n) is 26.9. The second-order valence-electron chi connectivity index (χ2n) is 12.4. The fraction of sp³-hybridized carbons (Fsp3) is 0. The van der Waals surface area contributed by atoms with Gasteiger partial charge in [-0.3, -0.25) is 0 Å². The summed E-state index contributed by atoms with van der Waals surface area (Å²) in [6, 6.07) is 58.4. The van der Waals surface area contributed by atoms with Gasteiger partial charge in [0, 0.05) is 43.8 Å². The summed E-state index contributed by atoms with van der Waals surface area (Å²) in [5.74, 6) is 1.83. The van der Waals surface area contributed by atoms with E-state index in [0.29, 0.717) is 17.5 Å². The van der Waals surface area contributed by atoms with Gasteiger partial charge in [0.15, 0.2) is 23.1 Å². The number of nitrogens with zero attached hydrogens (tertiary/aromatic N) is 4. The molecule has 234 valence electrons. The lowest BCUT2D eigenvalue weighted by molar-refractivity contribution is 0.667. The SMILES string of the molecule is c1ccc(-c2nc(-c3ccccc3)nc(-c3ccc(-c4ccccc4)c4oc5c(-n6c7ccccc7c7ccccc76)cccc5c34)n2)cc1. The van der Waals surface area contributed by atoms with Crippen molar-refractivity contribution in [1.29, 1.82) is 0 Å². The standard InChI is InChI=1S/C45H28N4O/c1-4-15-29(16-5-1)32-27-28-36(45-47-43(30-17-6-2-7-18-30)46-44(48-45)31-19-8-3-9-20-31)40-35-23-14-26-39(41(35)50-42(32)40)49-37-24-12-10-21-33(37)34-22-11-13-25-38(34)49/h1-28H. The van der Waals surface area contributed by atoms with Crippen LogP contribution in [0.2, 0.25) is 0 Å². The third-order valence-corrected chi connectivity index (χ3v) is 9.47. The van der Waals surface area contributed by atoms with Crippen LogP contribution in [-0.2, 0) is 0 Å². The van der Waals surface area contributed by atoms with Gasteiger partial charge in [0.05, 0.1) is 16.7 Å². The molecule has 0 saturated heterocycles. The molecule has 0 fully saturated rings. The third-order valence-electron chi connectivity index (χ3n) is 9.47. The summed E-state index contributed by atoms with van der Waals surface area (Å²) in [6.07, 6.45) is 0. The fourth-order valence-corrected chi connectivity index (χ4v) is 7.21. The first-order chi connectivity index (χ1) is 24.8. The van der Waals surface area contributed by atoms with Crippen molar-refractivity contribution in [3.63, 3.8) is 0 Å². The summed E-state index contributed by atoms with van der Waals surface area (Å²) in [6.45, 7) is 0. The molecule has 7 aromatic carbocycles. The van der Waals surface area contributed by atoms with E-state index in [4.69, 9.17) is 19.4 Å². The van der Waals surface area contributed by atoms with Gasteiger partial charge in [-0.05, 0) is 35.9 Å². The maximum atomic E-state index is 7.09. The van der Waals surface area contributed by atoms with E-state index in [-0.39, 0.29) is 0 Å². The zero-order valence-corrected chi connectivity index (χ0v) is 26.9. The van der Waals surface area contributed by atoms with E-state index in [1.54, 1.807) is 0 Å². The van der Waals surface area contributed by atoms with Crippen molar-refractivity contribution in [3.05, 3.63) is 170 Å². The van der Waals surface area contributed by atoms with Gasteiger partial charge in [0.1, 0.15) is 5.58 Å². The second-order valence-corrected chi connectivity index (χ2v) is 12.4. The lowest BCUT2D eigenvalue weighted by atomic mass is 9.98. The molecule has 3 heterocycles. The van der Waals surface area contributed by atoms with E-state index in [1.807, 2.05) is 66.7 Å². The molecule has 0 saturated carbocycles. The summed E-state index contributed by atoms with van der Waals surface area (Å²) in [5.41, 5.74) is 9.65. The van der Waals surface area contributed by atoms with E-state index >= 15 is 0 Å². The van der Waals surface area contributed by atoms with Gasteiger partial charge >= 0.3 is 0 Å². The molecule has 0 atom stereocenters. The lowest BCUT2D eigenvalue weighted by Crippen LogP contribution is -2.00. The predicted octanol–water partition coefficient (Wildman–Crippen LogP) is 11.5. The number of benzene rings is 7. The Morgan fingerprint density at radius 1 is 0.360 bits per heavy atom. The number of hydrogen-bond donors (Lipinski definition) is 0. The maximum absolute atomic E-state index is 7.09. The zero-order chi connectivity index (χ0) is 33.0. The Morgan fingerprint density at radius 2 is 0.840 bits per heavy atom. The van der Waals surface area contributed by atoms with Crippen molar-refractivity contribution in [3.8, 4) is 51.0 Å². The lowest BCUT2D eigenvalue weighted by Gasteiger charge is -2.11. The molecule has 0 aliphatic rings. The van der Waals surface area contributed by atoms with Crippen LogP contribution in [0.1, 0.15) is 0 Å². The monoisotopic (exact) mass is 640 g/mol. The van der Waals surface area contributed by atoms with Crippen LogP contribution in [0.25, 0.3) is 94.7 Å². The number of furan rings is 1. The molecule has 0 unspecified atom stereocenters. The third kappa shape index (κ3) is 4.45. The maximum Gasteiger partial charge on any atom is 0.164 e. The summed E-state index contributed by atoms with van der Waals surface area (Å²) < 4.78 is 9.41. The number of rotatable bonds is 5. The highest BCUT2D eigenvalue weighted by molar-refractivity contribution is 6.18. The van der Waals surface area contributed by atoms with Crippen LogP contribution < -0.4 is 0 Å². The Labute approximate surface area is 287 Å². The van der Waals surface area contributed by atoms with Gasteiger partial charge in [0.2, 0.25) is 0 Å². The average Bonchev–Trinajstić information content (AvgIpc) is 3.75. The predicted molar refractivity (Wildman–Crippen MR) is 203 cm³/mol. The fourth-order valence-electron chi connectivity index (χ4n) is 7.21. The Hall–Kier alpha value is -6.85. The van der Waals surface area contributed by atoms with Crippen LogP contribution in [0.5, 0.6) is 0 Å². The molecule has 10 rings (SSSR count). The Bertz CT molecular complexity index is 2750. The molecule has 5 heteroatoms. The second kappa shape index (κ2) is 11.4. The highest BCUT2D eigenvalue weighted by atomic mass is 16.3. The summed E-state index contributed by atoms with van der Waals surface area (Å²) in [4.78, 5) is 15.2. The molecule has 0 spiro atoms. The first-order valence-corrected chi connectivity index (χ1v) is 16.7. The minimum atomic E-state index is 0.590. The smallest absolute Gasteiger partial charge is 0.164 e. The van der Waals surface area contributed by atoms with Gasteiger partial charge < -0.3 is 8.98 Å². The van der Waals surface area contributed by atoms with Gasteiger partial charge in [-0.1, -0.05) is 140 Å². The molecular weight excluding hydrogens is 613 g/mol. The van der Waals surface area contributed by atoms with Gasteiger partial charge in [-0.25, -0.2) is 15.0 Å². The van der Waals surface area contributed by atoms with E-state index in [1.165, 1.54) is 10.8 Å². The summed E-state index contributed by atoms with van der Waals surface area (Å²) in [5, 5.41) is 4.37. The molecule has 0 amide bonds. The van der Waals surface area contributed by atoms with Crippen LogP contribution in [-0.4, -0.2) is 19.5 Å². The van der Waals surface area contributed by atoms with Crippen LogP contribution in [0.3, 0.4) is 0 Å². The van der Waals surface area contributed by atoms with Crippen LogP contribution in [0, 0.1) is 0 Å². The highest BCUT2D eigenvalue weighted by Crippen LogP contribution is 2.44. The molecule has 0 bridgehead atoms. The number of para-hydroxylation sites is 3. The molecule has 50 heavy (non-hydrogen) atoms. The molecule has 0 aliphatic heterocycles. The summed E-state index contributed by atoms with van der Waals surface area (Å²) in [7, 11) is 0. The summed E-state index contributed by atoms with van der Waals surface area (Å²) >= 11 is 0. The molecule has 0 N–H and O–H groups in total. The van der Waals surface area contributed by atoms with Crippen LogP contribution in [0.4, 0.5) is 0 Å². The highest BCUT2D eigenvalue weighted by Gasteiger charge is 2.23. The average molecular weight is 641 g/mol. The quantitative estimate of drug-likeness (QED) is 0.188. The molecule has 0 aliphatic carbocycles. The van der Waals surface area contributed by atoms with Crippen LogP contribution in [0.15, 0.2) is 174 Å². The van der Waals surface area contributed by atoms with E-state index in [2.05, 4.69) is 108 Å². The topological polar surface area (TPSA) is 56.7 Å². The van der Waals surface area contributed by atoms with Crippen molar-refractivity contribution in [2.45, 2.75) is 0 Å². The van der Waals surface area contributed by atoms with E-state index in [9.17, 15) is 0 Å². The molecule has 0 radical (unpaired) electrons. The van der Waals surface area contributed by atoms with Crippen molar-refractivity contribution in [2.24, 2.45) is 0 Å². The van der Waals surface area contributed by atoms with Gasteiger partial charge in [-0.2, -0.15) is 0 Å². The van der Waals surface area contributed by atoms with E-state index < -0.39 is 0 Å². The van der Waals surface area contributed by atoms with Gasteiger partial charge in [-0.15, -0.1) is 0 Å². The Balaban J connectivity index is 1.31. The van der Waals surface area contributed by atoms with Crippen LogP contribution >= 0.6 is 0 Å². The van der Waals surface area contributed by atoms with E-state index in [0.717, 1.165) is 66.5 Å². The first kappa shape index (κ1) is 28.2. The van der Waals surface area contributed by atoms with Crippen molar-refractivity contribution in [1.82, 2.24) is 19.5 Å². The van der Waals surface area contributed by atoms with Crippen molar-refractivity contribution >= 4 is 43.7 Å². The largest absolute Gasteiger partial charge is 0.453 e. The molecule has 3 aromatic heterocycles. The Kier molecular flexibility index (Phi) is 6.42. The molecular formula is C45H28N4O. The molecule has 10 aromatic rings. The number of fused-ring (bicyclic) bond motifs is 6. The first-order valence-electron chi connectivity index (χ1n) is 16.7. The number of aromatic nitrogens is 4. The Morgan fingerprint density at radius 3 is 1.44 bits per heavy atom. The minimum Gasteiger partial charge on any atom is -0.453 e. The normalized spacial score (nSPS) is 11.6. The number of hydrogen-bond acceptors (Lipinski definition) is 4.